The van der Waals surface area contributed by atoms with Crippen LogP contribution in [0.2, 0.25) is 0 Å². The van der Waals surface area contributed by atoms with Gasteiger partial charge in [-0.15, -0.1) is 0 Å². The van der Waals surface area contributed by atoms with Gasteiger partial charge in [0.25, 0.3) is 11.5 Å². The first-order valence-electron chi connectivity index (χ1n) is 8.93. The first-order chi connectivity index (χ1) is 11.2. The Morgan fingerprint density at radius 3 is 2.70 bits per heavy atom. The van der Waals surface area contributed by atoms with Gasteiger partial charge in [-0.05, 0) is 43.9 Å². The van der Waals surface area contributed by atoms with Gasteiger partial charge in [-0.25, -0.2) is 0 Å². The van der Waals surface area contributed by atoms with Crippen LogP contribution in [0.4, 0.5) is 0 Å². The summed E-state index contributed by atoms with van der Waals surface area (Å²) in [6.07, 6.45) is 9.41. The summed E-state index contributed by atoms with van der Waals surface area (Å²) < 4.78 is 0. The molecular weight excluding hydrogens is 290 g/mol. The molecule has 1 saturated carbocycles. The summed E-state index contributed by atoms with van der Waals surface area (Å²) >= 11 is 0. The largest absolute Gasteiger partial charge is 0.337 e. The number of hydrogen-bond donors (Lipinski definition) is 1. The molecule has 1 aromatic rings. The minimum absolute atomic E-state index is 0.133. The van der Waals surface area contributed by atoms with E-state index in [1.54, 1.807) is 18.3 Å². The van der Waals surface area contributed by atoms with E-state index in [9.17, 15) is 9.59 Å². The molecule has 2 heterocycles. The van der Waals surface area contributed by atoms with E-state index in [0.29, 0.717) is 0 Å². The number of aromatic nitrogens is 1. The molecule has 126 valence electrons. The quantitative estimate of drug-likeness (QED) is 0.929. The summed E-state index contributed by atoms with van der Waals surface area (Å²) in [5.41, 5.74) is -0.0333. The van der Waals surface area contributed by atoms with Crippen molar-refractivity contribution in [3.63, 3.8) is 0 Å². The van der Waals surface area contributed by atoms with Gasteiger partial charge in [0.1, 0.15) is 5.56 Å². The van der Waals surface area contributed by atoms with Gasteiger partial charge in [-0.1, -0.05) is 19.3 Å². The van der Waals surface area contributed by atoms with Crippen molar-refractivity contribution < 1.29 is 4.79 Å². The van der Waals surface area contributed by atoms with Crippen LogP contribution in [-0.4, -0.2) is 53.4 Å². The number of pyridine rings is 1. The number of amides is 1. The van der Waals surface area contributed by atoms with Gasteiger partial charge in [-0.2, -0.15) is 0 Å². The fourth-order valence-corrected chi connectivity index (χ4v) is 3.85. The van der Waals surface area contributed by atoms with Gasteiger partial charge in [0, 0.05) is 32.4 Å². The summed E-state index contributed by atoms with van der Waals surface area (Å²) in [5, 5.41) is 0. The Bertz CT molecular complexity index is 578. The maximum Gasteiger partial charge on any atom is 0.260 e. The van der Waals surface area contributed by atoms with Crippen molar-refractivity contribution in [2.75, 3.05) is 32.7 Å². The van der Waals surface area contributed by atoms with E-state index in [0.717, 1.165) is 38.5 Å². The Kier molecular flexibility index (Phi) is 5.49. The van der Waals surface area contributed by atoms with E-state index in [-0.39, 0.29) is 17.0 Å². The zero-order valence-electron chi connectivity index (χ0n) is 13.8. The minimum Gasteiger partial charge on any atom is -0.337 e. The molecular formula is C18H27N3O2. The van der Waals surface area contributed by atoms with Crippen molar-refractivity contribution in [2.45, 2.75) is 38.5 Å². The summed E-state index contributed by atoms with van der Waals surface area (Å²) in [5.74, 6) is 0.703. The Hall–Kier alpha value is -1.62. The lowest BCUT2D eigenvalue weighted by molar-refractivity contribution is 0.0758. The SMILES string of the molecule is O=C(c1ccc[nH]c1=O)N1CCCN(CC2CCCCC2)CC1. The molecule has 5 heteroatoms. The number of nitrogens with one attached hydrogen (secondary N) is 1. The Balaban J connectivity index is 1.56. The van der Waals surface area contributed by atoms with Crippen molar-refractivity contribution in [1.82, 2.24) is 14.8 Å². The third kappa shape index (κ3) is 4.22. The first kappa shape index (κ1) is 16.2. The number of H-pyrrole nitrogens is 1. The lowest BCUT2D eigenvalue weighted by Crippen LogP contribution is -2.38. The van der Waals surface area contributed by atoms with E-state index < -0.39 is 0 Å². The summed E-state index contributed by atoms with van der Waals surface area (Å²) in [4.78, 5) is 31.3. The van der Waals surface area contributed by atoms with Crippen molar-refractivity contribution in [3.8, 4) is 0 Å². The van der Waals surface area contributed by atoms with E-state index in [4.69, 9.17) is 0 Å². The van der Waals surface area contributed by atoms with Crippen molar-refractivity contribution >= 4 is 5.91 Å². The smallest absolute Gasteiger partial charge is 0.260 e. The molecule has 23 heavy (non-hydrogen) atoms. The zero-order chi connectivity index (χ0) is 16.1. The van der Waals surface area contributed by atoms with Crippen LogP contribution in [0.25, 0.3) is 0 Å². The molecule has 2 fully saturated rings. The normalized spacial score (nSPS) is 21.1. The molecule has 2 aliphatic rings. The topological polar surface area (TPSA) is 56.4 Å². The van der Waals surface area contributed by atoms with Crippen molar-refractivity contribution in [3.05, 3.63) is 34.2 Å². The van der Waals surface area contributed by atoms with Gasteiger partial charge >= 0.3 is 0 Å². The monoisotopic (exact) mass is 317 g/mol. The van der Waals surface area contributed by atoms with E-state index in [1.165, 1.54) is 38.6 Å². The average Bonchev–Trinajstić information content (AvgIpc) is 2.81. The summed E-state index contributed by atoms with van der Waals surface area (Å²) in [6.45, 7) is 4.63. The van der Waals surface area contributed by atoms with E-state index >= 15 is 0 Å². The lowest BCUT2D eigenvalue weighted by Gasteiger charge is -2.28. The molecule has 1 N–H and O–H groups in total. The number of rotatable bonds is 3. The molecule has 0 spiro atoms. The molecule has 0 aromatic carbocycles. The molecule has 3 rings (SSSR count). The highest BCUT2D eigenvalue weighted by Crippen LogP contribution is 2.24. The highest BCUT2D eigenvalue weighted by molar-refractivity contribution is 5.93. The second-order valence-corrected chi connectivity index (χ2v) is 6.86. The molecule has 0 bridgehead atoms. The molecule has 1 aliphatic carbocycles. The van der Waals surface area contributed by atoms with Crippen LogP contribution in [-0.2, 0) is 0 Å². The fraction of sp³-hybridized carbons (Fsp3) is 0.667. The highest BCUT2D eigenvalue weighted by atomic mass is 16.2. The van der Waals surface area contributed by atoms with Crippen LogP contribution in [0, 0.1) is 5.92 Å². The lowest BCUT2D eigenvalue weighted by atomic mass is 9.89. The number of carbonyl (C=O) groups excluding carboxylic acids is 1. The van der Waals surface area contributed by atoms with Gasteiger partial charge in [0.05, 0.1) is 0 Å². The van der Waals surface area contributed by atoms with Gasteiger partial charge in [0.2, 0.25) is 0 Å². The standard InChI is InChI=1S/C18H27N3O2/c22-17-16(8-4-9-19-17)18(23)21-11-5-10-20(12-13-21)14-15-6-2-1-3-7-15/h4,8-9,15H,1-3,5-7,10-14H2,(H,19,22). The summed E-state index contributed by atoms with van der Waals surface area (Å²) in [7, 11) is 0. The highest BCUT2D eigenvalue weighted by Gasteiger charge is 2.23. The maximum absolute atomic E-state index is 12.6. The van der Waals surface area contributed by atoms with Gasteiger partial charge < -0.3 is 14.8 Å². The third-order valence-corrected chi connectivity index (χ3v) is 5.17. The number of hydrogen-bond acceptors (Lipinski definition) is 3. The molecule has 1 saturated heterocycles. The predicted molar refractivity (Wildman–Crippen MR) is 90.6 cm³/mol. The second kappa shape index (κ2) is 7.77. The molecule has 0 radical (unpaired) electrons. The Morgan fingerprint density at radius 2 is 1.91 bits per heavy atom. The van der Waals surface area contributed by atoms with Crippen LogP contribution in [0.1, 0.15) is 48.9 Å². The molecule has 1 aromatic heterocycles. The first-order valence-corrected chi connectivity index (χ1v) is 8.93. The fourth-order valence-electron chi connectivity index (χ4n) is 3.85. The van der Waals surface area contributed by atoms with Crippen LogP contribution in [0.15, 0.2) is 23.1 Å². The minimum atomic E-state index is -0.291. The van der Waals surface area contributed by atoms with E-state index in [1.807, 2.05) is 4.90 Å². The number of aromatic amines is 1. The predicted octanol–water partition coefficient (Wildman–Crippen LogP) is 2.10. The van der Waals surface area contributed by atoms with Gasteiger partial charge in [0.15, 0.2) is 0 Å². The van der Waals surface area contributed by atoms with Crippen molar-refractivity contribution in [1.29, 1.82) is 0 Å². The van der Waals surface area contributed by atoms with Crippen LogP contribution < -0.4 is 5.56 Å². The van der Waals surface area contributed by atoms with Crippen LogP contribution in [0.5, 0.6) is 0 Å². The molecule has 5 nitrogen and oxygen atoms in total. The Morgan fingerprint density at radius 1 is 1.09 bits per heavy atom. The average molecular weight is 317 g/mol. The van der Waals surface area contributed by atoms with Crippen molar-refractivity contribution in [2.24, 2.45) is 5.92 Å². The Labute approximate surface area is 137 Å². The number of carbonyl (C=O) groups is 1. The summed E-state index contributed by atoms with van der Waals surface area (Å²) in [6, 6.07) is 3.33. The second-order valence-electron chi connectivity index (χ2n) is 6.86. The number of nitrogens with zero attached hydrogens (tertiary/aromatic N) is 2. The molecule has 0 atom stereocenters. The van der Waals surface area contributed by atoms with E-state index in [2.05, 4.69) is 9.88 Å². The van der Waals surface area contributed by atoms with Gasteiger partial charge in [-0.3, -0.25) is 9.59 Å². The zero-order valence-corrected chi connectivity index (χ0v) is 13.8. The van der Waals surface area contributed by atoms with Crippen LogP contribution >= 0.6 is 0 Å². The molecule has 0 unspecified atom stereocenters. The molecule has 1 aliphatic heterocycles. The maximum atomic E-state index is 12.6. The third-order valence-electron chi connectivity index (χ3n) is 5.17. The van der Waals surface area contributed by atoms with Crippen LogP contribution in [0.3, 0.4) is 0 Å². The molecule has 1 amide bonds.